The zero-order chi connectivity index (χ0) is 17.5. The first kappa shape index (κ1) is 22.5. The first-order chi connectivity index (χ1) is 10.3. The van der Waals surface area contributed by atoms with Crippen LogP contribution in [0.1, 0.15) is 38.5 Å². The minimum atomic E-state index is -1.09. The molecule has 0 aromatic rings. The molecule has 2 atom stereocenters. The Morgan fingerprint density at radius 3 is 1.91 bits per heavy atom. The molecule has 0 rings (SSSR count). The summed E-state index contributed by atoms with van der Waals surface area (Å²) >= 11 is 0. The maximum atomic E-state index is 10.3. The number of nitrogens with two attached hydrogens (primary N) is 2. The molecule has 0 saturated carbocycles. The summed E-state index contributed by atoms with van der Waals surface area (Å²) in [6, 6.07) is -1.80. The Bertz CT molecular complexity index is 339. The molecule has 0 aliphatic rings. The quantitative estimate of drug-likeness (QED) is 0.187. The summed E-state index contributed by atoms with van der Waals surface area (Å²) in [7, 11) is 0. The molecule has 10 nitrogen and oxygen atoms in total. The maximum Gasteiger partial charge on any atom is 0.323 e. The van der Waals surface area contributed by atoms with E-state index in [-0.39, 0.29) is 12.8 Å². The number of carbonyl (C=O) groups is 3. The van der Waals surface area contributed by atoms with Crippen LogP contribution < -0.4 is 16.9 Å². The molecule has 0 spiro atoms. The molecular weight excluding hydrogens is 298 g/mol. The van der Waals surface area contributed by atoms with Crippen molar-refractivity contribution < 1.29 is 34.9 Å². The van der Waals surface area contributed by atoms with Crippen molar-refractivity contribution in [3.63, 3.8) is 0 Å². The van der Waals surface area contributed by atoms with Crippen LogP contribution in [0.5, 0.6) is 0 Å². The van der Waals surface area contributed by atoms with Gasteiger partial charge in [0.2, 0.25) is 0 Å². The van der Waals surface area contributed by atoms with Gasteiger partial charge in [-0.1, -0.05) is 0 Å². The van der Waals surface area contributed by atoms with Crippen molar-refractivity contribution in [3.8, 4) is 0 Å². The second-order valence-corrected chi connectivity index (χ2v) is 4.54. The number of rotatable bonds is 11. The average Bonchev–Trinajstić information content (AvgIpc) is 2.43. The second kappa shape index (κ2) is 14.2. The molecule has 0 amide bonds. The first-order valence-electron chi connectivity index (χ1n) is 6.78. The molecule has 130 valence electrons. The van der Waals surface area contributed by atoms with Crippen molar-refractivity contribution in [3.05, 3.63) is 0 Å². The van der Waals surface area contributed by atoms with Gasteiger partial charge in [0.1, 0.15) is 12.1 Å². The van der Waals surface area contributed by atoms with Crippen LogP contribution in [0.25, 0.3) is 0 Å². The van der Waals surface area contributed by atoms with E-state index in [2.05, 4.69) is 0 Å². The van der Waals surface area contributed by atoms with Gasteiger partial charge in [0.15, 0.2) is 0 Å². The molecule has 0 fully saturated rings. The van der Waals surface area contributed by atoms with Crippen LogP contribution in [-0.2, 0) is 14.4 Å². The lowest BCUT2D eigenvalue weighted by Crippen LogP contribution is -2.34. The number of carboxylic acid groups (broad SMARTS) is 3. The summed E-state index contributed by atoms with van der Waals surface area (Å²) in [6.45, 7) is 0.553. The molecule has 0 saturated heterocycles. The van der Waals surface area contributed by atoms with Gasteiger partial charge < -0.3 is 32.0 Å². The van der Waals surface area contributed by atoms with Crippen LogP contribution in [0, 0.1) is 0 Å². The summed E-state index contributed by atoms with van der Waals surface area (Å²) in [6.07, 6.45) is 2.39. The van der Waals surface area contributed by atoms with Gasteiger partial charge in [-0.15, -0.1) is 0 Å². The van der Waals surface area contributed by atoms with Gasteiger partial charge in [-0.05, 0) is 38.6 Å². The normalized spacial score (nSPS) is 12.7. The molecule has 10 heteroatoms. The van der Waals surface area contributed by atoms with Crippen LogP contribution in [0.2, 0.25) is 0 Å². The molecule has 0 radical (unpaired) electrons. The van der Waals surface area contributed by atoms with Gasteiger partial charge >= 0.3 is 17.9 Å². The minimum Gasteiger partial charge on any atom is -0.481 e. The molecule has 0 aromatic heterocycles. The van der Waals surface area contributed by atoms with Crippen LogP contribution in [-0.4, -0.2) is 57.1 Å². The molecule has 0 heterocycles. The van der Waals surface area contributed by atoms with Gasteiger partial charge in [-0.3, -0.25) is 14.4 Å². The lowest BCUT2D eigenvalue weighted by atomic mass is 10.1. The fourth-order valence-corrected chi connectivity index (χ4v) is 1.33. The van der Waals surface area contributed by atoms with Gasteiger partial charge in [-0.2, -0.15) is 5.48 Å². The maximum absolute atomic E-state index is 10.3. The molecule has 0 aliphatic heterocycles. The number of nitrogens with one attached hydrogen (secondary N) is 1. The van der Waals surface area contributed by atoms with E-state index in [0.717, 1.165) is 6.42 Å². The van der Waals surface area contributed by atoms with Gasteiger partial charge in [0.25, 0.3) is 0 Å². The van der Waals surface area contributed by atoms with Crippen LogP contribution in [0.4, 0.5) is 0 Å². The zero-order valence-electron chi connectivity index (χ0n) is 12.3. The Balaban J connectivity index is 0. The molecule has 22 heavy (non-hydrogen) atoms. The Labute approximate surface area is 128 Å². The van der Waals surface area contributed by atoms with E-state index >= 15 is 0 Å². The lowest BCUT2D eigenvalue weighted by molar-refractivity contribution is -0.142. The largest absolute Gasteiger partial charge is 0.481 e. The van der Waals surface area contributed by atoms with E-state index in [0.29, 0.717) is 25.8 Å². The van der Waals surface area contributed by atoms with E-state index in [1.165, 1.54) is 0 Å². The Hall–Kier alpha value is -1.75. The molecule has 0 aromatic carbocycles. The van der Waals surface area contributed by atoms with Gasteiger partial charge in [0, 0.05) is 6.42 Å². The van der Waals surface area contributed by atoms with E-state index < -0.39 is 30.0 Å². The highest BCUT2D eigenvalue weighted by Gasteiger charge is 2.14. The van der Waals surface area contributed by atoms with Crippen molar-refractivity contribution >= 4 is 17.9 Å². The smallest absolute Gasteiger partial charge is 0.323 e. The topological polar surface area (TPSA) is 196 Å². The van der Waals surface area contributed by atoms with Crippen molar-refractivity contribution in [2.45, 2.75) is 50.6 Å². The van der Waals surface area contributed by atoms with Crippen molar-refractivity contribution in [1.82, 2.24) is 5.48 Å². The number of aliphatic carboxylic acids is 3. The number of hydrogen-bond donors (Lipinski definition) is 7. The van der Waals surface area contributed by atoms with E-state index in [1.807, 2.05) is 0 Å². The second-order valence-electron chi connectivity index (χ2n) is 4.54. The molecular formula is C12H25N3O7. The fraction of sp³-hybridized carbons (Fsp3) is 0.750. The lowest BCUT2D eigenvalue weighted by Gasteiger charge is -2.08. The molecule has 0 aliphatic carbocycles. The summed E-state index contributed by atoms with van der Waals surface area (Å²) in [5.74, 6) is -3.05. The Kier molecular flexibility index (Phi) is 14.5. The SMILES string of the molecule is NC(CCCC(=O)O)C(=O)O.NCCCCC(NO)C(=O)O. The highest BCUT2D eigenvalue weighted by Crippen LogP contribution is 1.99. The molecule has 0 bridgehead atoms. The predicted molar refractivity (Wildman–Crippen MR) is 76.3 cm³/mol. The fourth-order valence-electron chi connectivity index (χ4n) is 1.33. The highest BCUT2D eigenvalue weighted by atomic mass is 16.5. The van der Waals surface area contributed by atoms with E-state index in [9.17, 15) is 14.4 Å². The summed E-state index contributed by atoms with van der Waals surface area (Å²) in [4.78, 5) is 30.3. The first-order valence-corrected chi connectivity index (χ1v) is 6.78. The Morgan fingerprint density at radius 2 is 1.55 bits per heavy atom. The zero-order valence-corrected chi connectivity index (χ0v) is 12.3. The average molecular weight is 323 g/mol. The van der Waals surface area contributed by atoms with Gasteiger partial charge in [0.05, 0.1) is 0 Å². The Morgan fingerprint density at radius 1 is 0.955 bits per heavy atom. The van der Waals surface area contributed by atoms with E-state index in [1.54, 1.807) is 5.48 Å². The van der Waals surface area contributed by atoms with Crippen LogP contribution in [0.3, 0.4) is 0 Å². The molecule has 9 N–H and O–H groups in total. The van der Waals surface area contributed by atoms with Crippen LogP contribution in [0.15, 0.2) is 0 Å². The standard InChI is InChI=1S/C6H14N2O3.C6H11NO4/c7-4-2-1-3-5(8-11)6(9)10;7-4(6(10)11)2-1-3-5(8)9/h5,8,11H,1-4,7H2,(H,9,10);4H,1-3,7H2,(H,8,9)(H,10,11). The predicted octanol–water partition coefficient (Wildman–Crippen LogP) is -0.799. The molecule has 2 unspecified atom stereocenters. The number of unbranched alkanes of at least 4 members (excludes halogenated alkanes) is 1. The third-order valence-corrected chi connectivity index (χ3v) is 2.62. The summed E-state index contributed by atoms with van der Waals surface area (Å²) < 4.78 is 0. The summed E-state index contributed by atoms with van der Waals surface area (Å²) in [5, 5.41) is 33.2. The monoisotopic (exact) mass is 323 g/mol. The third kappa shape index (κ3) is 14.7. The van der Waals surface area contributed by atoms with E-state index in [4.69, 9.17) is 32.0 Å². The number of carboxylic acids is 3. The highest BCUT2D eigenvalue weighted by molar-refractivity contribution is 5.73. The number of hydrogen-bond acceptors (Lipinski definition) is 7. The van der Waals surface area contributed by atoms with Crippen LogP contribution >= 0.6 is 0 Å². The summed E-state index contributed by atoms with van der Waals surface area (Å²) in [5.41, 5.74) is 12.0. The third-order valence-electron chi connectivity index (χ3n) is 2.62. The van der Waals surface area contributed by atoms with Crippen molar-refractivity contribution in [1.29, 1.82) is 0 Å². The minimum absolute atomic E-state index is 0.0268. The number of hydroxylamine groups is 1. The van der Waals surface area contributed by atoms with Crippen molar-refractivity contribution in [2.24, 2.45) is 11.5 Å². The van der Waals surface area contributed by atoms with Gasteiger partial charge in [-0.25, -0.2) is 0 Å². The van der Waals surface area contributed by atoms with Crippen molar-refractivity contribution in [2.75, 3.05) is 6.54 Å².